The van der Waals surface area contributed by atoms with Crippen molar-refractivity contribution in [3.05, 3.63) is 28.0 Å². The van der Waals surface area contributed by atoms with Gasteiger partial charge in [0.2, 0.25) is 5.88 Å². The van der Waals surface area contributed by atoms with E-state index in [1.54, 1.807) is 0 Å². The van der Waals surface area contributed by atoms with Gasteiger partial charge in [-0.2, -0.15) is 0 Å². The van der Waals surface area contributed by atoms with Crippen molar-refractivity contribution in [3.63, 3.8) is 0 Å². The molecule has 0 aromatic carbocycles. The summed E-state index contributed by atoms with van der Waals surface area (Å²) >= 11 is 0. The van der Waals surface area contributed by atoms with E-state index in [-0.39, 0.29) is 17.0 Å². The summed E-state index contributed by atoms with van der Waals surface area (Å²) in [5.41, 5.74) is -0.130. The van der Waals surface area contributed by atoms with Gasteiger partial charge in [-0.25, -0.2) is 4.79 Å². The predicted molar refractivity (Wildman–Crippen MR) is 45.0 cm³/mol. The topological polar surface area (TPSA) is 68.4 Å². The molecule has 0 saturated heterocycles. The molecular formula is C8H9NO4. The number of carbonyl (C=O) groups is 1. The number of methoxy groups -OCH3 is 2. The Morgan fingerprint density at radius 2 is 2.08 bits per heavy atom. The molecule has 0 fully saturated rings. The number of nitrogens with one attached hydrogen (secondary N) is 1. The van der Waals surface area contributed by atoms with Crippen LogP contribution in [0.1, 0.15) is 10.4 Å². The quantitative estimate of drug-likeness (QED) is 0.663. The zero-order valence-corrected chi connectivity index (χ0v) is 7.29. The van der Waals surface area contributed by atoms with Crippen LogP contribution in [0.2, 0.25) is 0 Å². The van der Waals surface area contributed by atoms with Crippen LogP contribution >= 0.6 is 0 Å². The third-order valence-electron chi connectivity index (χ3n) is 1.49. The second kappa shape index (κ2) is 3.75. The first-order chi connectivity index (χ1) is 6.19. The summed E-state index contributed by atoms with van der Waals surface area (Å²) in [7, 11) is 2.62. The lowest BCUT2D eigenvalue weighted by Gasteiger charge is -2.04. The van der Waals surface area contributed by atoms with Gasteiger partial charge in [0.15, 0.2) is 0 Å². The summed E-state index contributed by atoms with van der Waals surface area (Å²) in [6.45, 7) is 0. The maximum Gasteiger partial charge on any atom is 0.343 e. The van der Waals surface area contributed by atoms with Gasteiger partial charge in [0.1, 0.15) is 5.56 Å². The maximum atomic E-state index is 11.1. The van der Waals surface area contributed by atoms with Crippen molar-refractivity contribution in [2.75, 3.05) is 14.2 Å². The van der Waals surface area contributed by atoms with Crippen LogP contribution in [-0.4, -0.2) is 25.2 Å². The molecule has 0 amide bonds. The second-order valence-electron chi connectivity index (χ2n) is 2.26. The smallest absolute Gasteiger partial charge is 0.343 e. The van der Waals surface area contributed by atoms with Crippen molar-refractivity contribution in [1.29, 1.82) is 0 Å². The summed E-state index contributed by atoms with van der Waals surface area (Å²) < 4.78 is 9.27. The average molecular weight is 183 g/mol. The van der Waals surface area contributed by atoms with Crippen LogP contribution in [0.5, 0.6) is 5.88 Å². The van der Waals surface area contributed by atoms with Crippen LogP contribution in [0.3, 0.4) is 0 Å². The Hall–Kier alpha value is -1.78. The van der Waals surface area contributed by atoms with Gasteiger partial charge in [0.25, 0.3) is 5.56 Å². The third kappa shape index (κ3) is 1.87. The molecule has 13 heavy (non-hydrogen) atoms. The molecule has 0 radical (unpaired) electrons. The van der Waals surface area contributed by atoms with Crippen molar-refractivity contribution in [2.24, 2.45) is 0 Å². The summed E-state index contributed by atoms with van der Waals surface area (Å²) in [6.07, 6.45) is 0. The number of hydrogen-bond acceptors (Lipinski definition) is 4. The Labute approximate surface area is 74.3 Å². The zero-order chi connectivity index (χ0) is 9.84. The monoisotopic (exact) mass is 183 g/mol. The first kappa shape index (κ1) is 9.31. The van der Waals surface area contributed by atoms with Crippen LogP contribution < -0.4 is 10.3 Å². The average Bonchev–Trinajstić information content (AvgIpc) is 2.16. The number of aromatic amines is 1. The van der Waals surface area contributed by atoms with Crippen LogP contribution in [0.15, 0.2) is 16.9 Å². The molecule has 0 saturated carbocycles. The molecule has 0 atom stereocenters. The Morgan fingerprint density at radius 3 is 2.62 bits per heavy atom. The van der Waals surface area contributed by atoms with Gasteiger partial charge in [0.05, 0.1) is 14.2 Å². The number of H-pyrrole nitrogens is 1. The van der Waals surface area contributed by atoms with Crippen molar-refractivity contribution in [2.45, 2.75) is 0 Å². The normalized spacial score (nSPS) is 9.38. The Morgan fingerprint density at radius 1 is 1.38 bits per heavy atom. The third-order valence-corrected chi connectivity index (χ3v) is 1.49. The maximum absolute atomic E-state index is 11.1. The van der Waals surface area contributed by atoms with Gasteiger partial charge >= 0.3 is 5.97 Å². The minimum atomic E-state index is -0.548. The van der Waals surface area contributed by atoms with E-state index in [2.05, 4.69) is 9.72 Å². The highest BCUT2D eigenvalue weighted by molar-refractivity contribution is 5.91. The Kier molecular flexibility index (Phi) is 2.69. The highest BCUT2D eigenvalue weighted by atomic mass is 16.5. The molecule has 5 heteroatoms. The lowest BCUT2D eigenvalue weighted by atomic mass is 10.3. The van der Waals surface area contributed by atoms with Gasteiger partial charge < -0.3 is 9.47 Å². The molecule has 0 aliphatic heterocycles. The molecule has 0 unspecified atom stereocenters. The molecular weight excluding hydrogens is 174 g/mol. The summed E-state index contributed by atoms with van der Waals surface area (Å²) in [4.78, 5) is 24.3. The van der Waals surface area contributed by atoms with E-state index in [0.29, 0.717) is 0 Å². The molecule has 1 rings (SSSR count). The summed E-state index contributed by atoms with van der Waals surface area (Å²) in [5, 5.41) is 0. The van der Waals surface area contributed by atoms with E-state index in [0.717, 1.165) is 0 Å². The molecule has 70 valence electrons. The Bertz CT molecular complexity index is 369. The first-order valence-corrected chi connectivity index (χ1v) is 3.54. The van der Waals surface area contributed by atoms with E-state index in [4.69, 9.17) is 4.74 Å². The van der Waals surface area contributed by atoms with Crippen molar-refractivity contribution in [3.8, 4) is 5.88 Å². The van der Waals surface area contributed by atoms with Gasteiger partial charge in [-0.15, -0.1) is 0 Å². The molecule has 1 heterocycles. The van der Waals surface area contributed by atoms with Gasteiger partial charge in [0, 0.05) is 6.07 Å². The van der Waals surface area contributed by atoms with Crippen molar-refractivity contribution < 1.29 is 14.3 Å². The number of aromatic nitrogens is 1. The number of pyridine rings is 1. The number of rotatable bonds is 2. The van der Waals surface area contributed by atoms with E-state index in [1.165, 1.54) is 26.4 Å². The highest BCUT2D eigenvalue weighted by Gasteiger charge is 2.12. The fourth-order valence-electron chi connectivity index (χ4n) is 0.887. The minimum absolute atomic E-state index is 0.111. The summed E-state index contributed by atoms with van der Waals surface area (Å²) in [5.74, 6) is -0.438. The van der Waals surface area contributed by atoms with Crippen molar-refractivity contribution >= 4 is 5.97 Å². The van der Waals surface area contributed by atoms with Crippen molar-refractivity contribution in [1.82, 2.24) is 4.98 Å². The molecule has 1 aromatic heterocycles. The van der Waals surface area contributed by atoms with E-state index in [9.17, 15) is 9.59 Å². The molecule has 1 N–H and O–H groups in total. The molecule has 5 nitrogen and oxygen atoms in total. The zero-order valence-electron chi connectivity index (χ0n) is 7.29. The molecule has 0 aliphatic carbocycles. The van der Waals surface area contributed by atoms with E-state index in [1.807, 2.05) is 0 Å². The minimum Gasteiger partial charge on any atom is -0.482 e. The van der Waals surface area contributed by atoms with E-state index >= 15 is 0 Å². The van der Waals surface area contributed by atoms with Gasteiger partial charge in [-0.1, -0.05) is 0 Å². The largest absolute Gasteiger partial charge is 0.482 e. The number of hydrogen-bond donors (Lipinski definition) is 1. The van der Waals surface area contributed by atoms with Gasteiger partial charge in [-0.3, -0.25) is 9.78 Å². The van der Waals surface area contributed by atoms with Gasteiger partial charge in [-0.05, 0) is 6.07 Å². The summed E-state index contributed by atoms with van der Waals surface area (Å²) in [6, 6.07) is 2.58. The number of esters is 1. The fourth-order valence-corrected chi connectivity index (χ4v) is 0.887. The molecule has 1 aromatic rings. The van der Waals surface area contributed by atoms with Crippen LogP contribution in [0.4, 0.5) is 0 Å². The lowest BCUT2D eigenvalue weighted by molar-refractivity contribution is 0.0596. The van der Waals surface area contributed by atoms with Crippen LogP contribution in [-0.2, 0) is 4.74 Å². The SMILES string of the molecule is COC(=O)c1ccc(=O)[nH]c1OC. The van der Waals surface area contributed by atoms with Crippen LogP contribution in [0, 0.1) is 0 Å². The molecule has 0 spiro atoms. The second-order valence-corrected chi connectivity index (χ2v) is 2.26. The number of carbonyl (C=O) groups excluding carboxylic acids is 1. The lowest BCUT2D eigenvalue weighted by Crippen LogP contribution is -2.11. The molecule has 0 aliphatic rings. The number of ether oxygens (including phenoxy) is 2. The standard InChI is InChI=1S/C8H9NO4/c1-12-7-5(8(11)13-2)3-4-6(10)9-7/h3-4H,1-2H3,(H,9,10). The highest BCUT2D eigenvalue weighted by Crippen LogP contribution is 2.12. The van der Waals surface area contributed by atoms with E-state index < -0.39 is 5.97 Å². The molecule has 0 bridgehead atoms. The van der Waals surface area contributed by atoms with Crippen LogP contribution in [0.25, 0.3) is 0 Å². The Balaban J connectivity index is 3.21. The fraction of sp³-hybridized carbons (Fsp3) is 0.250. The first-order valence-electron chi connectivity index (χ1n) is 3.54. The predicted octanol–water partition coefficient (Wildman–Crippen LogP) is 0.170.